The van der Waals surface area contributed by atoms with Crippen LogP contribution in [-0.2, 0) is 11.3 Å². The Hall–Kier alpha value is -2.61. The van der Waals surface area contributed by atoms with Crippen LogP contribution < -0.4 is 10.8 Å². The molecule has 0 atom stereocenters. The van der Waals surface area contributed by atoms with E-state index in [0.29, 0.717) is 28.3 Å². The molecule has 0 fully saturated rings. The number of aryl methyl sites for hydroxylation is 1. The first-order valence-electron chi connectivity index (χ1n) is 8.07. The SMILES string of the molecule is Cc1ccn(-c2ccc(C(=O)Nc3ccc4c(c3)B(O)OC4)c(Cl)c2)n1. The highest BCUT2D eigenvalue weighted by Gasteiger charge is 2.27. The molecular weight excluding hydrogens is 352 g/mol. The second-order valence-electron chi connectivity index (χ2n) is 6.10. The first-order chi connectivity index (χ1) is 12.5. The molecule has 1 amide bonds. The van der Waals surface area contributed by atoms with E-state index in [1.54, 1.807) is 35.0 Å². The Bertz CT molecular complexity index is 1010. The van der Waals surface area contributed by atoms with Gasteiger partial charge < -0.3 is 15.0 Å². The summed E-state index contributed by atoms with van der Waals surface area (Å²) in [4.78, 5) is 12.6. The fraction of sp³-hybridized carbons (Fsp3) is 0.111. The summed E-state index contributed by atoms with van der Waals surface area (Å²) in [6, 6.07) is 12.3. The molecule has 2 N–H and O–H groups in total. The van der Waals surface area contributed by atoms with Gasteiger partial charge >= 0.3 is 7.12 Å². The van der Waals surface area contributed by atoms with Crippen molar-refractivity contribution in [3.63, 3.8) is 0 Å². The van der Waals surface area contributed by atoms with Crippen molar-refractivity contribution in [2.24, 2.45) is 0 Å². The molecule has 8 heteroatoms. The summed E-state index contributed by atoms with van der Waals surface area (Å²) in [7, 11) is -0.956. The molecule has 2 aromatic carbocycles. The van der Waals surface area contributed by atoms with Crippen molar-refractivity contribution < 1.29 is 14.5 Å². The number of halogens is 1. The smallest absolute Gasteiger partial charge is 0.423 e. The number of hydrogen-bond donors (Lipinski definition) is 2. The van der Waals surface area contributed by atoms with E-state index >= 15 is 0 Å². The average Bonchev–Trinajstić information content (AvgIpc) is 3.21. The molecule has 0 unspecified atom stereocenters. The van der Waals surface area contributed by atoms with Crippen LogP contribution in [0.3, 0.4) is 0 Å². The number of aromatic nitrogens is 2. The van der Waals surface area contributed by atoms with Gasteiger partial charge in [-0.25, -0.2) is 4.68 Å². The molecule has 0 saturated carbocycles. The van der Waals surface area contributed by atoms with E-state index in [0.717, 1.165) is 16.9 Å². The Morgan fingerprint density at radius 1 is 1.31 bits per heavy atom. The van der Waals surface area contributed by atoms with E-state index in [-0.39, 0.29) is 5.91 Å². The van der Waals surface area contributed by atoms with Crippen LogP contribution in [0.25, 0.3) is 5.69 Å². The van der Waals surface area contributed by atoms with Crippen LogP contribution in [0, 0.1) is 6.92 Å². The molecule has 26 heavy (non-hydrogen) atoms. The summed E-state index contributed by atoms with van der Waals surface area (Å²) in [5.74, 6) is -0.327. The Kier molecular flexibility index (Phi) is 4.28. The fourth-order valence-electron chi connectivity index (χ4n) is 2.88. The molecule has 130 valence electrons. The third-order valence-corrected chi connectivity index (χ3v) is 4.56. The van der Waals surface area contributed by atoms with Crippen LogP contribution in [0.2, 0.25) is 5.02 Å². The molecule has 0 aliphatic carbocycles. The molecule has 6 nitrogen and oxygen atoms in total. The van der Waals surface area contributed by atoms with Crippen LogP contribution in [0.15, 0.2) is 48.7 Å². The molecule has 2 heterocycles. The zero-order valence-electron chi connectivity index (χ0n) is 13.9. The normalized spacial score (nSPS) is 13.0. The zero-order chi connectivity index (χ0) is 18.3. The van der Waals surface area contributed by atoms with E-state index in [4.69, 9.17) is 16.3 Å². The van der Waals surface area contributed by atoms with E-state index < -0.39 is 7.12 Å². The zero-order valence-corrected chi connectivity index (χ0v) is 14.7. The fourth-order valence-corrected chi connectivity index (χ4v) is 3.14. The number of nitrogens with one attached hydrogen (secondary N) is 1. The van der Waals surface area contributed by atoms with Crippen LogP contribution in [0.1, 0.15) is 21.6 Å². The minimum atomic E-state index is -0.956. The Balaban J connectivity index is 1.56. The molecule has 1 aromatic heterocycles. The number of hydrogen-bond acceptors (Lipinski definition) is 4. The molecule has 3 aromatic rings. The van der Waals surface area contributed by atoms with Crippen LogP contribution in [-0.4, -0.2) is 27.8 Å². The Morgan fingerprint density at radius 3 is 2.88 bits per heavy atom. The van der Waals surface area contributed by atoms with Gasteiger partial charge in [-0.1, -0.05) is 17.7 Å². The molecular formula is C18H15BClN3O3. The van der Waals surface area contributed by atoms with Crippen molar-refractivity contribution in [1.82, 2.24) is 9.78 Å². The number of carbonyl (C=O) groups excluding carboxylic acids is 1. The van der Waals surface area contributed by atoms with Gasteiger partial charge in [0.2, 0.25) is 0 Å². The topological polar surface area (TPSA) is 76.4 Å². The van der Waals surface area contributed by atoms with Gasteiger partial charge in [-0.2, -0.15) is 5.10 Å². The second-order valence-corrected chi connectivity index (χ2v) is 6.50. The van der Waals surface area contributed by atoms with Gasteiger partial charge in [0.05, 0.1) is 28.6 Å². The van der Waals surface area contributed by atoms with Crippen LogP contribution >= 0.6 is 11.6 Å². The summed E-state index contributed by atoms with van der Waals surface area (Å²) in [5, 5.41) is 17.2. The summed E-state index contributed by atoms with van der Waals surface area (Å²) in [6.45, 7) is 2.27. The number of nitrogens with zero attached hydrogens (tertiary/aromatic N) is 2. The molecule has 1 aliphatic rings. The molecule has 0 saturated heterocycles. The van der Waals surface area contributed by atoms with Crippen molar-refractivity contribution in [3.8, 4) is 5.69 Å². The second kappa shape index (κ2) is 6.61. The maximum absolute atomic E-state index is 12.6. The number of amides is 1. The summed E-state index contributed by atoms with van der Waals surface area (Å²) in [6.07, 6.45) is 1.83. The van der Waals surface area contributed by atoms with Crippen LogP contribution in [0.4, 0.5) is 5.69 Å². The van der Waals surface area contributed by atoms with E-state index in [1.165, 1.54) is 0 Å². The van der Waals surface area contributed by atoms with Crippen molar-refractivity contribution in [3.05, 3.63) is 70.5 Å². The van der Waals surface area contributed by atoms with E-state index in [9.17, 15) is 9.82 Å². The monoisotopic (exact) mass is 367 g/mol. The average molecular weight is 368 g/mol. The maximum atomic E-state index is 12.6. The summed E-state index contributed by atoms with van der Waals surface area (Å²) < 4.78 is 6.86. The standard InChI is InChI=1S/C18H15BClN3O3/c1-11-6-7-23(22-11)14-4-5-15(17(20)9-14)18(24)21-13-3-2-12-10-26-19(25)16(12)8-13/h2-9,25H,10H2,1H3,(H,21,24). The lowest BCUT2D eigenvalue weighted by Gasteiger charge is -2.10. The summed E-state index contributed by atoms with van der Waals surface area (Å²) in [5.41, 5.74) is 4.17. The maximum Gasteiger partial charge on any atom is 0.491 e. The number of anilines is 1. The van der Waals surface area contributed by atoms with Gasteiger partial charge in [-0.15, -0.1) is 0 Å². The molecule has 0 radical (unpaired) electrons. The van der Waals surface area contributed by atoms with Crippen molar-refractivity contribution in [2.45, 2.75) is 13.5 Å². The molecule has 4 rings (SSSR count). The van der Waals surface area contributed by atoms with E-state index in [1.807, 2.05) is 25.3 Å². The number of fused-ring (bicyclic) bond motifs is 1. The lowest BCUT2D eigenvalue weighted by molar-refractivity contribution is 0.102. The predicted molar refractivity (Wildman–Crippen MR) is 100 cm³/mol. The van der Waals surface area contributed by atoms with Gasteiger partial charge in [-0.05, 0) is 54.3 Å². The van der Waals surface area contributed by atoms with Gasteiger partial charge in [-0.3, -0.25) is 4.79 Å². The number of carbonyl (C=O) groups is 1. The van der Waals surface area contributed by atoms with Crippen molar-refractivity contribution >= 4 is 35.8 Å². The predicted octanol–water partition coefficient (Wildman–Crippen LogP) is 2.30. The van der Waals surface area contributed by atoms with Crippen molar-refractivity contribution in [2.75, 3.05) is 5.32 Å². The number of rotatable bonds is 3. The van der Waals surface area contributed by atoms with Gasteiger partial charge in [0.15, 0.2) is 0 Å². The van der Waals surface area contributed by atoms with Crippen LogP contribution in [0.5, 0.6) is 0 Å². The van der Waals surface area contributed by atoms with Crippen molar-refractivity contribution in [1.29, 1.82) is 0 Å². The third kappa shape index (κ3) is 3.12. The minimum absolute atomic E-state index is 0.327. The molecule has 1 aliphatic heterocycles. The van der Waals surface area contributed by atoms with Gasteiger partial charge in [0.25, 0.3) is 5.91 Å². The summed E-state index contributed by atoms with van der Waals surface area (Å²) >= 11 is 6.30. The first-order valence-corrected chi connectivity index (χ1v) is 8.45. The minimum Gasteiger partial charge on any atom is -0.423 e. The highest BCUT2D eigenvalue weighted by molar-refractivity contribution is 6.61. The first kappa shape index (κ1) is 16.8. The lowest BCUT2D eigenvalue weighted by atomic mass is 9.79. The highest BCUT2D eigenvalue weighted by Crippen LogP contribution is 2.22. The Morgan fingerprint density at radius 2 is 2.15 bits per heavy atom. The molecule has 0 bridgehead atoms. The van der Waals surface area contributed by atoms with Gasteiger partial charge in [0, 0.05) is 11.9 Å². The largest absolute Gasteiger partial charge is 0.491 e. The third-order valence-electron chi connectivity index (χ3n) is 4.25. The number of benzene rings is 2. The van der Waals surface area contributed by atoms with E-state index in [2.05, 4.69) is 10.4 Å². The quantitative estimate of drug-likeness (QED) is 0.697. The Labute approximate surface area is 155 Å². The molecule has 0 spiro atoms. The van der Waals surface area contributed by atoms with Gasteiger partial charge in [0.1, 0.15) is 0 Å². The lowest BCUT2D eigenvalue weighted by Crippen LogP contribution is -2.28. The highest BCUT2D eigenvalue weighted by atomic mass is 35.5.